The Balaban J connectivity index is 1.59. The summed E-state index contributed by atoms with van der Waals surface area (Å²) in [6, 6.07) is 6.27. The van der Waals surface area contributed by atoms with Crippen molar-refractivity contribution < 1.29 is 9.47 Å². The number of benzene rings is 1. The molecule has 2 aliphatic heterocycles. The van der Waals surface area contributed by atoms with Gasteiger partial charge in [0.15, 0.2) is 0 Å². The van der Waals surface area contributed by atoms with Crippen LogP contribution < -0.4 is 9.47 Å². The fourth-order valence-corrected chi connectivity index (χ4v) is 4.33. The molecular weight excluding hydrogens is 352 g/mol. The average molecular weight is 383 g/mol. The summed E-state index contributed by atoms with van der Waals surface area (Å²) in [5.41, 5.74) is 3.65. The van der Waals surface area contributed by atoms with Crippen molar-refractivity contribution in [1.29, 1.82) is 0 Å². The van der Waals surface area contributed by atoms with E-state index in [0.717, 1.165) is 61.9 Å². The molecule has 0 bridgehead atoms. The number of aromatic nitrogens is 2. The van der Waals surface area contributed by atoms with Gasteiger partial charge in [-0.1, -0.05) is 6.42 Å². The number of methoxy groups -OCH3 is 2. The van der Waals surface area contributed by atoms with Crippen LogP contribution in [0.4, 0.5) is 0 Å². The summed E-state index contributed by atoms with van der Waals surface area (Å²) in [5, 5.41) is 0. The normalized spacial score (nSPS) is 20.6. The topological polar surface area (TPSA) is 50.7 Å². The van der Waals surface area contributed by atoms with Gasteiger partial charge in [0.2, 0.25) is 0 Å². The molecule has 2 aliphatic rings. The van der Waals surface area contributed by atoms with Gasteiger partial charge in [0.1, 0.15) is 17.3 Å². The summed E-state index contributed by atoms with van der Waals surface area (Å²) in [7, 11) is 5.58. The van der Waals surface area contributed by atoms with Crippen molar-refractivity contribution in [2.75, 3.05) is 34.4 Å². The first kappa shape index (κ1) is 19.2. The average Bonchev–Trinajstić information content (AvgIpc) is 2.73. The van der Waals surface area contributed by atoms with Gasteiger partial charge in [-0.05, 0) is 44.6 Å². The van der Waals surface area contributed by atoms with E-state index in [1.54, 1.807) is 14.2 Å². The third-order valence-corrected chi connectivity index (χ3v) is 5.92. The predicted octanol–water partition coefficient (Wildman–Crippen LogP) is 3.21. The first-order chi connectivity index (χ1) is 13.7. The number of hydrogen-bond acceptors (Lipinski definition) is 6. The van der Waals surface area contributed by atoms with E-state index >= 15 is 0 Å². The molecule has 0 amide bonds. The monoisotopic (exact) mass is 382 g/mol. The maximum atomic E-state index is 5.59. The Kier molecular flexibility index (Phi) is 5.78. The maximum Gasteiger partial charge on any atom is 0.145 e. The fourth-order valence-electron chi connectivity index (χ4n) is 4.33. The lowest BCUT2D eigenvalue weighted by atomic mass is 9.99. The van der Waals surface area contributed by atoms with Crippen LogP contribution in [0.5, 0.6) is 11.5 Å². The van der Waals surface area contributed by atoms with Crippen LogP contribution in [-0.4, -0.2) is 54.1 Å². The minimum Gasteiger partial charge on any atom is -0.497 e. The Morgan fingerprint density at radius 3 is 2.86 bits per heavy atom. The Labute approximate surface area is 167 Å². The molecule has 1 atom stereocenters. The van der Waals surface area contributed by atoms with E-state index in [0.29, 0.717) is 0 Å². The highest BCUT2D eigenvalue weighted by Gasteiger charge is 2.28. The minimum absolute atomic E-state index is 0.259. The molecule has 2 aromatic rings. The van der Waals surface area contributed by atoms with Gasteiger partial charge in [0.05, 0.1) is 20.3 Å². The molecule has 0 unspecified atom stereocenters. The molecule has 0 saturated carbocycles. The largest absolute Gasteiger partial charge is 0.497 e. The molecule has 1 fully saturated rings. The van der Waals surface area contributed by atoms with Gasteiger partial charge >= 0.3 is 0 Å². The van der Waals surface area contributed by atoms with Crippen LogP contribution in [0.1, 0.15) is 47.9 Å². The van der Waals surface area contributed by atoms with Crippen molar-refractivity contribution in [3.63, 3.8) is 0 Å². The van der Waals surface area contributed by atoms with Crippen LogP contribution in [0.2, 0.25) is 0 Å². The third kappa shape index (κ3) is 3.98. The third-order valence-electron chi connectivity index (χ3n) is 5.92. The molecule has 0 aliphatic carbocycles. The molecule has 150 valence electrons. The number of nitrogens with zero attached hydrogens (tertiary/aromatic N) is 4. The van der Waals surface area contributed by atoms with Crippen LogP contribution >= 0.6 is 0 Å². The van der Waals surface area contributed by atoms with Crippen molar-refractivity contribution in [1.82, 2.24) is 19.8 Å². The van der Waals surface area contributed by atoms with E-state index < -0.39 is 0 Å². The second-order valence-corrected chi connectivity index (χ2v) is 7.85. The molecule has 1 aromatic carbocycles. The van der Waals surface area contributed by atoms with Crippen molar-refractivity contribution in [2.24, 2.45) is 0 Å². The summed E-state index contributed by atoms with van der Waals surface area (Å²) in [5.74, 6) is 2.74. The van der Waals surface area contributed by atoms with Gasteiger partial charge in [-0.25, -0.2) is 9.97 Å². The Morgan fingerprint density at radius 1 is 1.14 bits per heavy atom. The SMILES string of the molecule is COc1ccc(OC)c(CN2CCCC[C@H]2c2ncc3c(n2)CCN(C)C3)c1. The lowest BCUT2D eigenvalue weighted by Crippen LogP contribution is -2.35. The lowest BCUT2D eigenvalue weighted by Gasteiger charge is -2.35. The lowest BCUT2D eigenvalue weighted by molar-refractivity contribution is 0.132. The minimum atomic E-state index is 0.259. The van der Waals surface area contributed by atoms with Gasteiger partial charge in [-0.2, -0.15) is 0 Å². The van der Waals surface area contributed by atoms with Crippen molar-refractivity contribution in [2.45, 2.75) is 44.8 Å². The van der Waals surface area contributed by atoms with Gasteiger partial charge < -0.3 is 14.4 Å². The molecule has 0 radical (unpaired) electrons. The quantitative estimate of drug-likeness (QED) is 0.792. The summed E-state index contributed by atoms with van der Waals surface area (Å²) in [6.45, 7) is 3.88. The van der Waals surface area contributed by atoms with Crippen LogP contribution in [0.15, 0.2) is 24.4 Å². The second kappa shape index (κ2) is 8.45. The fraction of sp³-hybridized carbons (Fsp3) is 0.545. The number of fused-ring (bicyclic) bond motifs is 1. The van der Waals surface area contributed by atoms with E-state index in [1.807, 2.05) is 18.3 Å². The smallest absolute Gasteiger partial charge is 0.145 e. The molecule has 3 heterocycles. The molecular formula is C22H30N4O2. The Morgan fingerprint density at radius 2 is 2.04 bits per heavy atom. The Bertz CT molecular complexity index is 826. The highest BCUT2D eigenvalue weighted by atomic mass is 16.5. The maximum absolute atomic E-state index is 5.59. The molecule has 6 nitrogen and oxygen atoms in total. The van der Waals surface area contributed by atoms with E-state index in [4.69, 9.17) is 19.4 Å². The van der Waals surface area contributed by atoms with Gasteiger partial charge in [0, 0.05) is 49.1 Å². The standard InChI is InChI=1S/C22H30N4O2/c1-25-11-9-19-17(14-25)13-23-22(24-19)20-6-4-5-10-26(20)15-16-12-18(27-2)7-8-21(16)28-3/h7-8,12-13,20H,4-6,9-11,14-15H2,1-3H3/t20-/m0/s1. The highest BCUT2D eigenvalue weighted by Crippen LogP contribution is 2.33. The van der Waals surface area contributed by atoms with E-state index in [9.17, 15) is 0 Å². The van der Waals surface area contributed by atoms with Crippen LogP contribution in [0, 0.1) is 0 Å². The van der Waals surface area contributed by atoms with E-state index in [2.05, 4.69) is 22.9 Å². The van der Waals surface area contributed by atoms with Crippen molar-refractivity contribution in [3.8, 4) is 11.5 Å². The molecule has 1 aromatic heterocycles. The van der Waals surface area contributed by atoms with Crippen LogP contribution in [-0.2, 0) is 19.5 Å². The van der Waals surface area contributed by atoms with Gasteiger partial charge in [-0.15, -0.1) is 0 Å². The number of ether oxygens (including phenoxy) is 2. The first-order valence-electron chi connectivity index (χ1n) is 10.2. The molecule has 28 heavy (non-hydrogen) atoms. The summed E-state index contributed by atoms with van der Waals surface area (Å²) in [6.07, 6.45) is 6.59. The van der Waals surface area contributed by atoms with Gasteiger partial charge in [-0.3, -0.25) is 4.90 Å². The van der Waals surface area contributed by atoms with E-state index in [1.165, 1.54) is 24.1 Å². The zero-order chi connectivity index (χ0) is 19.5. The molecule has 6 heteroatoms. The van der Waals surface area contributed by atoms with Crippen molar-refractivity contribution in [3.05, 3.63) is 47.0 Å². The van der Waals surface area contributed by atoms with Gasteiger partial charge in [0.25, 0.3) is 0 Å². The second-order valence-electron chi connectivity index (χ2n) is 7.85. The number of piperidine rings is 1. The van der Waals surface area contributed by atoms with Crippen LogP contribution in [0.3, 0.4) is 0 Å². The molecule has 0 spiro atoms. The summed E-state index contributed by atoms with van der Waals surface area (Å²) in [4.78, 5) is 14.6. The highest BCUT2D eigenvalue weighted by molar-refractivity contribution is 5.40. The predicted molar refractivity (Wildman–Crippen MR) is 109 cm³/mol. The number of hydrogen-bond donors (Lipinski definition) is 0. The summed E-state index contributed by atoms with van der Waals surface area (Å²) < 4.78 is 11.0. The van der Waals surface area contributed by atoms with Crippen LogP contribution in [0.25, 0.3) is 0 Å². The molecule has 4 rings (SSSR count). The summed E-state index contributed by atoms with van der Waals surface area (Å²) >= 11 is 0. The number of rotatable bonds is 5. The molecule has 0 N–H and O–H groups in total. The zero-order valence-corrected chi connectivity index (χ0v) is 17.1. The van der Waals surface area contributed by atoms with Crippen molar-refractivity contribution >= 4 is 0 Å². The first-order valence-corrected chi connectivity index (χ1v) is 10.2. The Hall–Kier alpha value is -2.18. The number of likely N-dealkylation sites (tertiary alicyclic amines) is 1. The molecule has 1 saturated heterocycles. The van der Waals surface area contributed by atoms with E-state index in [-0.39, 0.29) is 6.04 Å². The number of likely N-dealkylation sites (N-methyl/N-ethyl adjacent to an activating group) is 1. The zero-order valence-electron chi connectivity index (χ0n) is 17.1.